The summed E-state index contributed by atoms with van der Waals surface area (Å²) in [4.78, 5) is 17.1. The topological polar surface area (TPSA) is 92.3 Å². The predicted octanol–water partition coefficient (Wildman–Crippen LogP) is 5.11. The Labute approximate surface area is 213 Å². The molecule has 1 N–H and O–H groups in total. The van der Waals surface area contributed by atoms with Crippen molar-refractivity contribution in [1.29, 1.82) is 5.41 Å². The molecule has 0 saturated carbocycles. The van der Waals surface area contributed by atoms with Crippen molar-refractivity contribution >= 4 is 39.8 Å². The van der Waals surface area contributed by atoms with Gasteiger partial charge in [-0.1, -0.05) is 24.3 Å². The number of nitrogens with one attached hydrogen (secondary N) is 1. The van der Waals surface area contributed by atoms with Crippen LogP contribution in [0.5, 0.6) is 11.5 Å². The number of aliphatic imine (C=N–C) groups is 1. The summed E-state index contributed by atoms with van der Waals surface area (Å²) in [6.45, 7) is 6.24. The molecular weight excluding hydrogens is 474 g/mol. The number of aryl methyl sites for hydroxylation is 2. The molecule has 3 aromatic rings. The predicted molar refractivity (Wildman–Crippen MR) is 143 cm³/mol. The number of ether oxygens (including phenoxy) is 2. The molecule has 0 bridgehead atoms. The van der Waals surface area contributed by atoms with Crippen molar-refractivity contribution in [3.8, 4) is 17.2 Å². The Hall–Kier alpha value is -4.11. The van der Waals surface area contributed by atoms with Gasteiger partial charge in [0.2, 0.25) is 5.17 Å². The Bertz CT molecular complexity index is 1470. The van der Waals surface area contributed by atoms with Crippen LogP contribution in [0.3, 0.4) is 0 Å². The first kappa shape index (κ1) is 23.6. The number of nitrogens with zero attached hydrogens (tertiary/aromatic N) is 4. The number of amidine groups is 2. The SMILES string of the molecule is COc1ccc(C)cc1-n1c(C)cc(/C=C2\C(=N)N3N=C(COc4ccccc4)SC3=NC2=O)c1C. The van der Waals surface area contributed by atoms with E-state index in [1.165, 1.54) is 16.8 Å². The number of benzene rings is 2. The number of rotatable bonds is 6. The van der Waals surface area contributed by atoms with Gasteiger partial charge in [-0.2, -0.15) is 15.1 Å². The summed E-state index contributed by atoms with van der Waals surface area (Å²) >= 11 is 1.24. The largest absolute Gasteiger partial charge is 0.495 e. The zero-order chi connectivity index (χ0) is 25.4. The molecule has 2 aliphatic heterocycles. The lowest BCUT2D eigenvalue weighted by molar-refractivity contribution is -0.114. The number of methoxy groups -OCH3 is 1. The lowest BCUT2D eigenvalue weighted by atomic mass is 10.1. The second-order valence-electron chi connectivity index (χ2n) is 8.45. The molecule has 3 heterocycles. The van der Waals surface area contributed by atoms with Crippen LogP contribution in [0.15, 0.2) is 70.3 Å². The van der Waals surface area contributed by atoms with Gasteiger partial charge in [0.05, 0.1) is 18.4 Å². The number of thioether (sulfide) groups is 1. The molecular formula is C27H25N5O3S. The lowest BCUT2D eigenvalue weighted by Gasteiger charge is -2.20. The summed E-state index contributed by atoms with van der Waals surface area (Å²) in [5.41, 5.74) is 4.95. The number of carbonyl (C=O) groups is 1. The zero-order valence-corrected chi connectivity index (χ0v) is 21.2. The number of hydrogen-bond acceptors (Lipinski definition) is 6. The van der Waals surface area contributed by atoms with Gasteiger partial charge in [0.1, 0.15) is 23.1 Å². The molecule has 0 saturated heterocycles. The zero-order valence-electron chi connectivity index (χ0n) is 20.4. The summed E-state index contributed by atoms with van der Waals surface area (Å²) in [7, 11) is 1.65. The molecule has 36 heavy (non-hydrogen) atoms. The smallest absolute Gasteiger partial charge is 0.283 e. The van der Waals surface area contributed by atoms with E-state index in [-0.39, 0.29) is 18.0 Å². The Kier molecular flexibility index (Phi) is 6.24. The molecule has 1 amide bonds. The Morgan fingerprint density at radius 1 is 1.08 bits per heavy atom. The molecule has 0 spiro atoms. The highest BCUT2D eigenvalue weighted by Crippen LogP contribution is 2.32. The molecule has 1 aromatic heterocycles. The number of para-hydroxylation sites is 1. The lowest BCUT2D eigenvalue weighted by Crippen LogP contribution is -2.35. The van der Waals surface area contributed by atoms with Gasteiger partial charge in [0, 0.05) is 11.4 Å². The fourth-order valence-corrected chi connectivity index (χ4v) is 4.98. The summed E-state index contributed by atoms with van der Waals surface area (Å²) in [6, 6.07) is 17.4. The minimum absolute atomic E-state index is 0.00912. The van der Waals surface area contributed by atoms with E-state index in [0.717, 1.165) is 39.7 Å². The first-order chi connectivity index (χ1) is 17.4. The molecule has 0 aliphatic carbocycles. The van der Waals surface area contributed by atoms with Crippen LogP contribution in [0, 0.1) is 26.2 Å². The Morgan fingerprint density at radius 2 is 1.86 bits per heavy atom. The van der Waals surface area contributed by atoms with Crippen molar-refractivity contribution in [1.82, 2.24) is 9.58 Å². The molecule has 0 fully saturated rings. The fourth-order valence-electron chi connectivity index (χ4n) is 4.19. The molecule has 8 nitrogen and oxygen atoms in total. The third-order valence-electron chi connectivity index (χ3n) is 5.95. The minimum Gasteiger partial charge on any atom is -0.495 e. The summed E-state index contributed by atoms with van der Waals surface area (Å²) < 4.78 is 13.4. The van der Waals surface area contributed by atoms with Crippen LogP contribution in [0.1, 0.15) is 22.5 Å². The second-order valence-corrected chi connectivity index (χ2v) is 9.49. The Morgan fingerprint density at radius 3 is 2.61 bits per heavy atom. The second kappa shape index (κ2) is 9.50. The molecule has 0 radical (unpaired) electrons. The Balaban J connectivity index is 1.44. The van der Waals surface area contributed by atoms with Crippen LogP contribution in [0.25, 0.3) is 11.8 Å². The van der Waals surface area contributed by atoms with Gasteiger partial charge in [-0.15, -0.1) is 0 Å². The third kappa shape index (κ3) is 4.33. The maximum Gasteiger partial charge on any atom is 0.283 e. The maximum atomic E-state index is 12.9. The van der Waals surface area contributed by atoms with Crippen molar-refractivity contribution in [2.75, 3.05) is 13.7 Å². The highest BCUT2D eigenvalue weighted by atomic mass is 32.2. The van der Waals surface area contributed by atoms with E-state index in [2.05, 4.69) is 20.7 Å². The van der Waals surface area contributed by atoms with E-state index < -0.39 is 5.91 Å². The molecule has 0 unspecified atom stereocenters. The van der Waals surface area contributed by atoms with Gasteiger partial charge in [0.15, 0.2) is 5.84 Å². The summed E-state index contributed by atoms with van der Waals surface area (Å²) in [5, 5.41) is 15.6. The van der Waals surface area contributed by atoms with Gasteiger partial charge < -0.3 is 14.0 Å². The fraction of sp³-hybridized carbons (Fsp3) is 0.185. The van der Waals surface area contributed by atoms with Crippen LogP contribution in [-0.2, 0) is 4.79 Å². The highest BCUT2D eigenvalue weighted by Gasteiger charge is 2.36. The van der Waals surface area contributed by atoms with Crippen LogP contribution < -0.4 is 9.47 Å². The first-order valence-electron chi connectivity index (χ1n) is 11.4. The molecule has 182 valence electrons. The quantitative estimate of drug-likeness (QED) is 0.476. The average Bonchev–Trinajstić information content (AvgIpc) is 3.40. The van der Waals surface area contributed by atoms with Gasteiger partial charge in [-0.05, 0) is 80.1 Å². The standard InChI is InChI=1S/C27H25N5O3S/c1-16-10-11-23(34-4)22(12-16)31-17(2)13-19(18(31)3)14-21-25(28)32-27(29-26(21)33)36-24(30-32)15-35-20-8-6-5-7-9-20/h5-14,28H,15H2,1-4H3/b21-14+,28-25?. The third-order valence-corrected chi connectivity index (χ3v) is 6.83. The molecule has 2 aromatic carbocycles. The van der Waals surface area contributed by atoms with E-state index in [9.17, 15) is 4.79 Å². The van der Waals surface area contributed by atoms with Gasteiger partial charge >= 0.3 is 0 Å². The van der Waals surface area contributed by atoms with Crippen molar-refractivity contribution in [3.05, 3.63) is 82.7 Å². The highest BCUT2D eigenvalue weighted by molar-refractivity contribution is 8.27. The molecule has 9 heteroatoms. The van der Waals surface area contributed by atoms with Crippen LogP contribution >= 0.6 is 11.8 Å². The monoisotopic (exact) mass is 499 g/mol. The van der Waals surface area contributed by atoms with E-state index in [4.69, 9.17) is 14.9 Å². The molecule has 0 atom stereocenters. The molecule has 5 rings (SSSR count). The van der Waals surface area contributed by atoms with Crippen molar-refractivity contribution < 1.29 is 14.3 Å². The van der Waals surface area contributed by atoms with E-state index in [0.29, 0.717) is 10.2 Å². The number of amides is 1. The van der Waals surface area contributed by atoms with Crippen molar-refractivity contribution in [2.24, 2.45) is 10.1 Å². The minimum atomic E-state index is -0.461. The maximum absolute atomic E-state index is 12.9. The van der Waals surface area contributed by atoms with Crippen molar-refractivity contribution in [2.45, 2.75) is 20.8 Å². The number of carbonyl (C=O) groups excluding carboxylic acids is 1. The normalized spacial score (nSPS) is 16.2. The summed E-state index contributed by atoms with van der Waals surface area (Å²) in [5.74, 6) is 1.01. The van der Waals surface area contributed by atoms with Gasteiger partial charge in [0.25, 0.3) is 5.91 Å². The van der Waals surface area contributed by atoms with Crippen molar-refractivity contribution in [3.63, 3.8) is 0 Å². The number of fused-ring (bicyclic) bond motifs is 1. The molecule has 2 aliphatic rings. The number of hydrazone groups is 1. The first-order valence-corrected chi connectivity index (χ1v) is 12.2. The van der Waals surface area contributed by atoms with E-state index in [1.54, 1.807) is 13.2 Å². The number of aromatic nitrogens is 1. The summed E-state index contributed by atoms with van der Waals surface area (Å²) in [6.07, 6.45) is 1.71. The van der Waals surface area contributed by atoms with E-state index in [1.807, 2.05) is 69.3 Å². The van der Waals surface area contributed by atoms with Crippen LogP contribution in [0.2, 0.25) is 0 Å². The van der Waals surface area contributed by atoms with E-state index >= 15 is 0 Å². The van der Waals surface area contributed by atoms with Gasteiger partial charge in [-0.3, -0.25) is 10.2 Å². The van der Waals surface area contributed by atoms with Gasteiger partial charge in [-0.25, -0.2) is 0 Å². The average molecular weight is 500 g/mol. The number of hydrogen-bond donors (Lipinski definition) is 1. The van der Waals surface area contributed by atoms with Crippen LogP contribution in [0.4, 0.5) is 0 Å². The van der Waals surface area contributed by atoms with Crippen LogP contribution in [-0.4, -0.2) is 45.2 Å².